The van der Waals surface area contributed by atoms with Gasteiger partial charge in [-0.05, 0) is 6.42 Å². The summed E-state index contributed by atoms with van der Waals surface area (Å²) in [6.45, 7) is 3.34. The Morgan fingerprint density at radius 2 is 2.29 bits per heavy atom. The van der Waals surface area contributed by atoms with Crippen molar-refractivity contribution in [3.63, 3.8) is 0 Å². The van der Waals surface area contributed by atoms with Crippen molar-refractivity contribution < 1.29 is 13.2 Å². The molecule has 5 nitrogen and oxygen atoms in total. The predicted octanol–water partition coefficient (Wildman–Crippen LogP) is 1.89. The van der Waals surface area contributed by atoms with Gasteiger partial charge in [0.25, 0.3) is 10.0 Å². The highest BCUT2D eigenvalue weighted by atomic mass is 35.5. The van der Waals surface area contributed by atoms with Crippen molar-refractivity contribution in [2.24, 2.45) is 0 Å². The van der Waals surface area contributed by atoms with Crippen LogP contribution in [0.1, 0.15) is 19.8 Å². The van der Waals surface area contributed by atoms with Crippen molar-refractivity contribution in [3.05, 3.63) is 10.7 Å². The quantitative estimate of drug-likeness (QED) is 0.744. The molecule has 0 aliphatic heterocycles. The third-order valence-electron chi connectivity index (χ3n) is 1.90. The van der Waals surface area contributed by atoms with Crippen molar-refractivity contribution in [2.75, 3.05) is 19.8 Å². The Hall–Kier alpha value is -0.210. The topological polar surface area (TPSA) is 68.3 Å². The maximum Gasteiger partial charge on any atom is 0.251 e. The highest BCUT2D eigenvalue weighted by Gasteiger charge is 2.16. The van der Waals surface area contributed by atoms with Gasteiger partial charge in [0.15, 0.2) is 8.68 Å². The van der Waals surface area contributed by atoms with Gasteiger partial charge in [-0.15, -0.1) is 0 Å². The Bertz CT molecular complexity index is 433. The molecule has 0 atom stereocenters. The molecule has 0 bridgehead atoms. The molecule has 0 amide bonds. The molecule has 0 spiro atoms. The van der Waals surface area contributed by atoms with E-state index in [0.717, 1.165) is 24.2 Å². The van der Waals surface area contributed by atoms with E-state index in [1.807, 2.05) is 0 Å². The molecule has 1 aromatic rings. The lowest BCUT2D eigenvalue weighted by atomic mass is 10.4. The Labute approximate surface area is 110 Å². The van der Waals surface area contributed by atoms with Crippen LogP contribution in [0.25, 0.3) is 0 Å². The average Bonchev–Trinajstić information content (AvgIpc) is 2.71. The Morgan fingerprint density at radius 1 is 1.53 bits per heavy atom. The van der Waals surface area contributed by atoms with Crippen LogP contribution in [0, 0.1) is 0 Å². The maximum atomic E-state index is 11.7. The fraction of sp³-hybridized carbons (Fsp3) is 0.667. The summed E-state index contributed by atoms with van der Waals surface area (Å²) in [4.78, 5) is 3.69. The number of nitrogens with zero attached hydrogens (tertiary/aromatic N) is 1. The van der Waals surface area contributed by atoms with Gasteiger partial charge in [-0.1, -0.05) is 36.3 Å². The van der Waals surface area contributed by atoms with Gasteiger partial charge in [0.2, 0.25) is 0 Å². The molecule has 0 aromatic carbocycles. The van der Waals surface area contributed by atoms with Crippen LogP contribution in [-0.2, 0) is 14.8 Å². The third kappa shape index (κ3) is 5.31. The molecule has 98 valence electrons. The van der Waals surface area contributed by atoms with Crippen LogP contribution in [0.3, 0.4) is 0 Å². The van der Waals surface area contributed by atoms with Crippen molar-refractivity contribution in [3.8, 4) is 0 Å². The number of ether oxygens (including phenoxy) is 1. The summed E-state index contributed by atoms with van der Waals surface area (Å²) in [6, 6.07) is 0. The molecule has 1 rings (SSSR count). The van der Waals surface area contributed by atoms with E-state index in [0.29, 0.717) is 13.2 Å². The van der Waals surface area contributed by atoms with Gasteiger partial charge in [0, 0.05) is 13.2 Å². The van der Waals surface area contributed by atoms with E-state index in [9.17, 15) is 8.42 Å². The molecule has 1 heterocycles. The Kier molecular flexibility index (Phi) is 6.35. The van der Waals surface area contributed by atoms with E-state index in [1.165, 1.54) is 6.20 Å². The van der Waals surface area contributed by atoms with Crippen LogP contribution >= 0.6 is 22.9 Å². The van der Waals surface area contributed by atoms with Gasteiger partial charge >= 0.3 is 0 Å². The first-order valence-corrected chi connectivity index (χ1v) is 7.92. The molecule has 8 heteroatoms. The van der Waals surface area contributed by atoms with Crippen molar-refractivity contribution in [2.45, 2.75) is 24.0 Å². The van der Waals surface area contributed by atoms with Gasteiger partial charge in [0.05, 0.1) is 12.8 Å². The molecule has 0 saturated heterocycles. The van der Waals surface area contributed by atoms with E-state index in [4.69, 9.17) is 16.3 Å². The zero-order chi connectivity index (χ0) is 12.7. The molecule has 1 N–H and O–H groups in total. The van der Waals surface area contributed by atoms with Gasteiger partial charge in [-0.25, -0.2) is 18.1 Å². The van der Waals surface area contributed by atoms with Crippen LogP contribution in [-0.4, -0.2) is 33.2 Å². The standard InChI is InChI=1S/C9H15ClN2O3S2/c1-2-3-5-15-6-4-12-17(13,14)8-7-11-9(10)16-8/h7,12H,2-6H2,1H3. The van der Waals surface area contributed by atoms with Crippen LogP contribution < -0.4 is 4.72 Å². The monoisotopic (exact) mass is 298 g/mol. The first-order chi connectivity index (χ1) is 8.06. The second-order valence-electron chi connectivity index (χ2n) is 3.30. The van der Waals surface area contributed by atoms with Gasteiger partial charge in [0.1, 0.15) is 0 Å². The smallest absolute Gasteiger partial charge is 0.251 e. The number of sulfonamides is 1. The van der Waals surface area contributed by atoms with Crippen LogP contribution in [0.4, 0.5) is 0 Å². The number of hydrogen-bond donors (Lipinski definition) is 1. The predicted molar refractivity (Wildman–Crippen MR) is 68.0 cm³/mol. The third-order valence-corrected chi connectivity index (χ3v) is 4.94. The SMILES string of the molecule is CCCCOCCNS(=O)(=O)c1cnc(Cl)s1. The minimum absolute atomic E-state index is 0.121. The highest BCUT2D eigenvalue weighted by Crippen LogP contribution is 2.21. The second kappa shape index (κ2) is 7.27. The largest absolute Gasteiger partial charge is 0.380 e. The van der Waals surface area contributed by atoms with Crippen LogP contribution in [0.15, 0.2) is 10.4 Å². The molecule has 1 aromatic heterocycles. The van der Waals surface area contributed by atoms with E-state index in [2.05, 4.69) is 16.6 Å². The first kappa shape index (κ1) is 14.8. The van der Waals surface area contributed by atoms with Crippen molar-refractivity contribution in [1.29, 1.82) is 0 Å². The number of unbranched alkanes of at least 4 members (excludes halogenated alkanes) is 1. The molecule has 0 unspecified atom stereocenters. The average molecular weight is 299 g/mol. The molecule has 0 saturated carbocycles. The summed E-state index contributed by atoms with van der Waals surface area (Å²) >= 11 is 6.51. The molecule has 0 radical (unpaired) electrons. The number of aromatic nitrogens is 1. The minimum Gasteiger partial charge on any atom is -0.380 e. The summed E-state index contributed by atoms with van der Waals surface area (Å²) < 4.78 is 31.4. The summed E-state index contributed by atoms with van der Waals surface area (Å²) in [6.07, 6.45) is 3.29. The van der Waals surface area contributed by atoms with E-state index >= 15 is 0 Å². The lowest BCUT2D eigenvalue weighted by molar-refractivity contribution is 0.136. The lowest BCUT2D eigenvalue weighted by Crippen LogP contribution is -2.27. The first-order valence-electron chi connectivity index (χ1n) is 5.25. The minimum atomic E-state index is -3.49. The normalized spacial score (nSPS) is 11.9. The van der Waals surface area contributed by atoms with Crippen molar-refractivity contribution >= 4 is 33.0 Å². The Morgan fingerprint density at radius 3 is 2.88 bits per heavy atom. The van der Waals surface area contributed by atoms with Gasteiger partial charge in [-0.3, -0.25) is 0 Å². The maximum absolute atomic E-state index is 11.7. The lowest BCUT2D eigenvalue weighted by Gasteiger charge is -2.05. The number of hydrogen-bond acceptors (Lipinski definition) is 5. The van der Waals surface area contributed by atoms with Gasteiger partial charge in [-0.2, -0.15) is 0 Å². The summed E-state index contributed by atoms with van der Waals surface area (Å²) in [5.74, 6) is 0. The molecule has 0 aliphatic rings. The summed E-state index contributed by atoms with van der Waals surface area (Å²) in [5.41, 5.74) is 0. The molecule has 0 aliphatic carbocycles. The van der Waals surface area contributed by atoms with Gasteiger partial charge < -0.3 is 4.74 Å². The number of nitrogens with one attached hydrogen (secondary N) is 1. The van der Waals surface area contributed by atoms with Crippen LogP contribution in [0.2, 0.25) is 4.47 Å². The van der Waals surface area contributed by atoms with E-state index in [-0.39, 0.29) is 15.2 Å². The number of rotatable bonds is 8. The number of halogens is 1. The fourth-order valence-electron chi connectivity index (χ4n) is 1.03. The molecular weight excluding hydrogens is 284 g/mol. The number of thiazole rings is 1. The fourth-order valence-corrected chi connectivity index (χ4v) is 3.38. The molecule has 0 fully saturated rings. The van der Waals surface area contributed by atoms with Crippen LogP contribution in [0.5, 0.6) is 0 Å². The summed E-state index contributed by atoms with van der Waals surface area (Å²) in [7, 11) is -3.49. The molecular formula is C9H15ClN2O3S2. The molecule has 17 heavy (non-hydrogen) atoms. The zero-order valence-electron chi connectivity index (χ0n) is 9.48. The zero-order valence-corrected chi connectivity index (χ0v) is 11.9. The summed E-state index contributed by atoms with van der Waals surface area (Å²) in [5, 5.41) is 0. The highest BCUT2D eigenvalue weighted by molar-refractivity contribution is 7.91. The van der Waals surface area contributed by atoms with Crippen molar-refractivity contribution in [1.82, 2.24) is 9.71 Å². The second-order valence-corrected chi connectivity index (χ2v) is 6.90. The Balaban J connectivity index is 2.31. The van der Waals surface area contributed by atoms with E-state index in [1.54, 1.807) is 0 Å². The van der Waals surface area contributed by atoms with E-state index < -0.39 is 10.0 Å².